The Bertz CT molecular complexity index is 1120. The molecule has 0 aliphatic carbocycles. The average Bonchev–Trinajstić information content (AvgIpc) is 3.04. The Hall–Kier alpha value is -2.82. The van der Waals surface area contributed by atoms with Gasteiger partial charge in [-0.05, 0) is 36.8 Å². The molecule has 0 saturated carbocycles. The number of rotatable bonds is 6. The Morgan fingerprint density at radius 1 is 0.862 bits per heavy atom. The first-order valence-electron chi connectivity index (χ1n) is 10.0. The zero-order chi connectivity index (χ0) is 20.4. The van der Waals surface area contributed by atoms with Crippen molar-refractivity contribution in [1.82, 2.24) is 9.55 Å². The molecule has 0 N–H and O–H groups in total. The van der Waals surface area contributed by atoms with Gasteiger partial charge in [-0.3, -0.25) is 4.98 Å². The van der Waals surface area contributed by atoms with E-state index in [9.17, 15) is 13.2 Å². The van der Waals surface area contributed by atoms with Crippen molar-refractivity contribution in [2.24, 2.45) is 0 Å². The molecule has 5 heteroatoms. The number of fused-ring (bicyclic) bond motifs is 3. The van der Waals surface area contributed by atoms with E-state index in [4.69, 9.17) is 0 Å². The van der Waals surface area contributed by atoms with E-state index in [1.165, 1.54) is 30.8 Å². The fourth-order valence-electron chi connectivity index (χ4n) is 3.88. The Balaban J connectivity index is 1.75. The fourth-order valence-corrected chi connectivity index (χ4v) is 3.88. The molecule has 0 spiro atoms. The smallest absolute Gasteiger partial charge is 0.340 e. The average molecular weight is 396 g/mol. The minimum absolute atomic E-state index is 0.541. The van der Waals surface area contributed by atoms with Gasteiger partial charge in [0, 0.05) is 40.1 Å². The molecule has 4 rings (SSSR count). The number of unbranched alkanes of at least 4 members (excludes halogenated alkanes) is 3. The van der Waals surface area contributed by atoms with E-state index in [1.54, 1.807) is 0 Å². The third-order valence-corrected chi connectivity index (χ3v) is 5.39. The lowest BCUT2D eigenvalue weighted by molar-refractivity contribution is -0.137. The molecule has 0 atom stereocenters. The molecule has 0 bridgehead atoms. The summed E-state index contributed by atoms with van der Waals surface area (Å²) in [6.45, 7) is 3.17. The van der Waals surface area contributed by atoms with Crippen molar-refractivity contribution < 1.29 is 13.2 Å². The quantitative estimate of drug-likeness (QED) is 0.309. The molecule has 0 fully saturated rings. The monoisotopic (exact) mass is 396 g/mol. The number of aromatic nitrogens is 2. The second-order valence-electron chi connectivity index (χ2n) is 7.39. The van der Waals surface area contributed by atoms with Crippen LogP contribution in [0.4, 0.5) is 13.2 Å². The van der Waals surface area contributed by atoms with Gasteiger partial charge in [0.05, 0.1) is 11.3 Å². The van der Waals surface area contributed by atoms with Crippen molar-refractivity contribution in [3.63, 3.8) is 0 Å². The predicted molar refractivity (Wildman–Crippen MR) is 112 cm³/mol. The van der Waals surface area contributed by atoms with Gasteiger partial charge in [-0.2, -0.15) is 13.2 Å². The second kappa shape index (κ2) is 7.90. The predicted octanol–water partition coefficient (Wildman–Crippen LogP) is 7.46. The number of para-hydroxylation sites is 1. The maximum absolute atomic E-state index is 12.8. The van der Waals surface area contributed by atoms with Crippen molar-refractivity contribution >= 4 is 21.8 Å². The number of benzene rings is 2. The Morgan fingerprint density at radius 2 is 1.66 bits per heavy atom. The van der Waals surface area contributed by atoms with Gasteiger partial charge in [0.2, 0.25) is 0 Å². The molecule has 0 saturated heterocycles. The van der Waals surface area contributed by atoms with Crippen LogP contribution in [0, 0.1) is 0 Å². The van der Waals surface area contributed by atoms with Gasteiger partial charge in [0.15, 0.2) is 0 Å². The molecule has 0 amide bonds. The van der Waals surface area contributed by atoms with Crippen LogP contribution in [0.15, 0.2) is 60.8 Å². The molecule has 150 valence electrons. The SMILES string of the molecule is CCCCCCn1c2ccccc2c2cc(-c3ccc(C(F)(F)F)cn3)ccc21. The molecule has 2 aromatic heterocycles. The molecular formula is C24H23F3N2. The van der Waals surface area contributed by atoms with Crippen LogP contribution in [0.25, 0.3) is 33.1 Å². The number of hydrogen-bond donors (Lipinski definition) is 0. The van der Waals surface area contributed by atoms with Crippen LogP contribution in [0.2, 0.25) is 0 Å². The summed E-state index contributed by atoms with van der Waals surface area (Å²) in [5, 5.41) is 2.27. The molecule has 0 aliphatic rings. The third-order valence-electron chi connectivity index (χ3n) is 5.39. The van der Waals surface area contributed by atoms with E-state index in [-0.39, 0.29) is 0 Å². The highest BCUT2D eigenvalue weighted by Gasteiger charge is 2.30. The molecule has 0 radical (unpaired) electrons. The first-order valence-corrected chi connectivity index (χ1v) is 10.0. The molecule has 2 nitrogen and oxygen atoms in total. The van der Waals surface area contributed by atoms with Crippen LogP contribution in [0.5, 0.6) is 0 Å². The number of aryl methyl sites for hydroxylation is 1. The van der Waals surface area contributed by atoms with Crippen molar-refractivity contribution in [3.8, 4) is 11.3 Å². The summed E-state index contributed by atoms with van der Waals surface area (Å²) in [5.74, 6) is 0. The van der Waals surface area contributed by atoms with E-state index >= 15 is 0 Å². The Morgan fingerprint density at radius 3 is 2.38 bits per heavy atom. The largest absolute Gasteiger partial charge is 0.417 e. The van der Waals surface area contributed by atoms with E-state index < -0.39 is 11.7 Å². The summed E-state index contributed by atoms with van der Waals surface area (Å²) in [5.41, 5.74) is 2.97. The van der Waals surface area contributed by atoms with Crippen molar-refractivity contribution in [2.75, 3.05) is 0 Å². The van der Waals surface area contributed by atoms with Gasteiger partial charge in [-0.1, -0.05) is 50.5 Å². The van der Waals surface area contributed by atoms with Crippen molar-refractivity contribution in [2.45, 2.75) is 45.3 Å². The van der Waals surface area contributed by atoms with Crippen LogP contribution in [-0.4, -0.2) is 9.55 Å². The van der Waals surface area contributed by atoms with Gasteiger partial charge in [-0.15, -0.1) is 0 Å². The Kier molecular flexibility index (Phi) is 5.31. The molecule has 0 aliphatic heterocycles. The Labute approximate surface area is 168 Å². The highest BCUT2D eigenvalue weighted by molar-refractivity contribution is 6.09. The van der Waals surface area contributed by atoms with Crippen LogP contribution in [0.3, 0.4) is 0 Å². The van der Waals surface area contributed by atoms with E-state index in [1.807, 2.05) is 24.3 Å². The first-order chi connectivity index (χ1) is 14.0. The first kappa shape index (κ1) is 19.5. The van der Waals surface area contributed by atoms with Gasteiger partial charge < -0.3 is 4.57 Å². The lowest BCUT2D eigenvalue weighted by atomic mass is 10.1. The zero-order valence-electron chi connectivity index (χ0n) is 16.3. The zero-order valence-corrected chi connectivity index (χ0v) is 16.3. The van der Waals surface area contributed by atoms with Crippen LogP contribution >= 0.6 is 0 Å². The topological polar surface area (TPSA) is 17.8 Å². The number of nitrogens with zero attached hydrogens (tertiary/aromatic N) is 2. The van der Waals surface area contributed by atoms with Gasteiger partial charge in [0.1, 0.15) is 0 Å². The molecule has 2 aromatic carbocycles. The van der Waals surface area contributed by atoms with Crippen LogP contribution in [-0.2, 0) is 12.7 Å². The lowest BCUT2D eigenvalue weighted by Gasteiger charge is -2.09. The van der Waals surface area contributed by atoms with Gasteiger partial charge in [0.25, 0.3) is 0 Å². The van der Waals surface area contributed by atoms with Crippen LogP contribution in [0.1, 0.15) is 38.2 Å². The van der Waals surface area contributed by atoms with Gasteiger partial charge in [-0.25, -0.2) is 0 Å². The molecule has 4 aromatic rings. The maximum atomic E-state index is 12.8. The molecule has 0 unspecified atom stereocenters. The summed E-state index contributed by atoms with van der Waals surface area (Å²) in [6.07, 6.45) is 1.30. The second-order valence-corrected chi connectivity index (χ2v) is 7.39. The summed E-state index contributed by atoms with van der Waals surface area (Å²) >= 11 is 0. The van der Waals surface area contributed by atoms with Gasteiger partial charge >= 0.3 is 6.18 Å². The maximum Gasteiger partial charge on any atom is 0.417 e. The number of halogens is 3. The van der Waals surface area contributed by atoms with Crippen molar-refractivity contribution in [1.29, 1.82) is 0 Å². The third kappa shape index (κ3) is 3.86. The highest BCUT2D eigenvalue weighted by Crippen LogP contribution is 2.34. The minimum atomic E-state index is -4.37. The molecule has 29 heavy (non-hydrogen) atoms. The van der Waals surface area contributed by atoms with E-state index in [0.29, 0.717) is 5.69 Å². The number of alkyl halides is 3. The summed E-state index contributed by atoms with van der Waals surface area (Å²) in [4.78, 5) is 4.05. The summed E-state index contributed by atoms with van der Waals surface area (Å²) in [6, 6.07) is 16.9. The lowest BCUT2D eigenvalue weighted by Crippen LogP contribution is -2.05. The fraction of sp³-hybridized carbons (Fsp3) is 0.292. The standard InChI is InChI=1S/C24H23F3N2/c1-2-3-4-7-14-29-22-9-6-5-8-19(22)20-15-17(10-13-23(20)29)21-12-11-18(16-28-21)24(25,26)27/h5-6,8-13,15-16H,2-4,7,14H2,1H3. The summed E-state index contributed by atoms with van der Waals surface area (Å²) < 4.78 is 40.8. The normalized spacial score (nSPS) is 12.1. The summed E-state index contributed by atoms with van der Waals surface area (Å²) in [7, 11) is 0. The molecule has 2 heterocycles. The van der Waals surface area contributed by atoms with E-state index in [0.717, 1.165) is 47.1 Å². The number of pyridine rings is 1. The number of hydrogen-bond acceptors (Lipinski definition) is 1. The van der Waals surface area contributed by atoms with Crippen molar-refractivity contribution in [3.05, 3.63) is 66.4 Å². The highest BCUT2D eigenvalue weighted by atomic mass is 19.4. The molecular weight excluding hydrogens is 373 g/mol. The van der Waals surface area contributed by atoms with E-state index in [2.05, 4.69) is 34.7 Å². The van der Waals surface area contributed by atoms with Crippen LogP contribution < -0.4 is 0 Å². The minimum Gasteiger partial charge on any atom is -0.340 e.